The van der Waals surface area contributed by atoms with Crippen molar-refractivity contribution in [3.63, 3.8) is 0 Å². The van der Waals surface area contributed by atoms with Crippen LogP contribution in [0.1, 0.15) is 5.56 Å². The number of hydrogen-bond donors (Lipinski definition) is 1. The first-order valence-corrected chi connectivity index (χ1v) is 6.37. The van der Waals surface area contributed by atoms with E-state index >= 15 is 0 Å². The van der Waals surface area contributed by atoms with E-state index in [1.54, 1.807) is 7.11 Å². The van der Waals surface area contributed by atoms with Crippen LogP contribution in [0, 0.1) is 0 Å². The smallest absolute Gasteiger partial charge is 0.119 e. The lowest BCUT2D eigenvalue weighted by molar-refractivity contribution is 0.415. The lowest BCUT2D eigenvalue weighted by Crippen LogP contribution is -2.04. The van der Waals surface area contributed by atoms with Gasteiger partial charge in [-0.05, 0) is 23.1 Å². The summed E-state index contributed by atoms with van der Waals surface area (Å²) >= 11 is 0. The maximum atomic E-state index is 5.19. The molecule has 3 heteroatoms. The fourth-order valence-corrected chi connectivity index (χ4v) is 3.18. The van der Waals surface area contributed by atoms with Crippen molar-refractivity contribution in [1.29, 1.82) is 0 Å². The molecular formula is C11H15NOS. The second-order valence-electron chi connectivity index (χ2n) is 3.28. The average Bonchev–Trinajstić information content (AvgIpc) is 2.71. The highest BCUT2D eigenvalue weighted by Gasteiger charge is 2.03. The molecule has 0 aromatic heterocycles. The Bertz CT molecular complexity index is 341. The Kier molecular flexibility index (Phi) is 3.22. The summed E-state index contributed by atoms with van der Waals surface area (Å²) < 4.78 is 5.19. The van der Waals surface area contributed by atoms with Crippen LogP contribution in [-0.2, 0) is 0 Å². The minimum absolute atomic E-state index is 0.420. The van der Waals surface area contributed by atoms with Crippen molar-refractivity contribution in [1.82, 2.24) is 5.32 Å². The predicted octanol–water partition coefficient (Wildman–Crippen LogP) is 1.68. The summed E-state index contributed by atoms with van der Waals surface area (Å²) in [5.74, 6) is 3.35. The molecular weight excluding hydrogens is 194 g/mol. The molecule has 1 aliphatic heterocycles. The van der Waals surface area contributed by atoms with Gasteiger partial charge in [-0.1, -0.05) is 12.1 Å². The molecule has 1 unspecified atom stereocenters. The van der Waals surface area contributed by atoms with Crippen molar-refractivity contribution in [3.05, 3.63) is 29.8 Å². The number of ether oxygens (including phenoxy) is 1. The van der Waals surface area contributed by atoms with Crippen LogP contribution in [0.3, 0.4) is 0 Å². The van der Waals surface area contributed by atoms with Crippen molar-refractivity contribution < 1.29 is 4.74 Å². The van der Waals surface area contributed by atoms with Crippen LogP contribution < -0.4 is 10.1 Å². The molecule has 1 aliphatic rings. The van der Waals surface area contributed by atoms with Crippen molar-refractivity contribution >= 4 is 15.9 Å². The molecule has 0 amide bonds. The van der Waals surface area contributed by atoms with E-state index in [4.69, 9.17) is 4.74 Å². The Morgan fingerprint density at radius 2 is 2.43 bits per heavy atom. The van der Waals surface area contributed by atoms with Crippen LogP contribution in [0.4, 0.5) is 0 Å². The first-order valence-electron chi connectivity index (χ1n) is 4.74. The van der Waals surface area contributed by atoms with Crippen LogP contribution in [0.2, 0.25) is 0 Å². The third-order valence-electron chi connectivity index (χ3n) is 2.23. The quantitative estimate of drug-likeness (QED) is 0.748. The molecule has 2 rings (SSSR count). The second-order valence-corrected chi connectivity index (χ2v) is 5.29. The monoisotopic (exact) mass is 209 g/mol. The van der Waals surface area contributed by atoms with Crippen molar-refractivity contribution in [2.75, 3.05) is 25.3 Å². The van der Waals surface area contributed by atoms with Gasteiger partial charge in [0.2, 0.25) is 0 Å². The van der Waals surface area contributed by atoms with E-state index in [0.717, 1.165) is 18.2 Å². The maximum absolute atomic E-state index is 5.19. The molecule has 14 heavy (non-hydrogen) atoms. The highest BCUT2D eigenvalue weighted by Crippen LogP contribution is 2.18. The van der Waals surface area contributed by atoms with E-state index in [-0.39, 0.29) is 0 Å². The predicted molar refractivity (Wildman–Crippen MR) is 63.5 cm³/mol. The number of benzene rings is 1. The standard InChI is InChI=1S/C11H15NOS/c1-13-11-4-2-3-10(7-11)8-14-6-5-12-9-14/h2-4,7-8,12H,5-6,9H2,1H3. The van der Waals surface area contributed by atoms with Crippen LogP contribution in [0.25, 0.3) is 0 Å². The second kappa shape index (κ2) is 4.62. The maximum Gasteiger partial charge on any atom is 0.119 e. The molecule has 0 bridgehead atoms. The van der Waals surface area contributed by atoms with Gasteiger partial charge in [-0.25, -0.2) is 0 Å². The fraction of sp³-hybridized carbons (Fsp3) is 0.364. The van der Waals surface area contributed by atoms with Gasteiger partial charge in [-0.3, -0.25) is 0 Å². The minimum atomic E-state index is 0.420. The third kappa shape index (κ3) is 2.36. The van der Waals surface area contributed by atoms with Crippen molar-refractivity contribution in [2.45, 2.75) is 0 Å². The van der Waals surface area contributed by atoms with Gasteiger partial charge < -0.3 is 10.1 Å². The van der Waals surface area contributed by atoms with Crippen LogP contribution >= 0.6 is 10.5 Å². The number of rotatable bonds is 2. The molecule has 1 N–H and O–H groups in total. The largest absolute Gasteiger partial charge is 0.497 e. The van der Waals surface area contributed by atoms with Crippen LogP contribution in [0.15, 0.2) is 24.3 Å². The topological polar surface area (TPSA) is 21.3 Å². The van der Waals surface area contributed by atoms with E-state index in [1.165, 1.54) is 11.3 Å². The molecule has 0 radical (unpaired) electrons. The number of nitrogens with one attached hydrogen (secondary N) is 1. The van der Waals surface area contributed by atoms with E-state index < -0.39 is 0 Å². The van der Waals surface area contributed by atoms with E-state index in [0.29, 0.717) is 10.5 Å². The molecule has 0 saturated carbocycles. The first-order chi connectivity index (χ1) is 6.88. The minimum Gasteiger partial charge on any atom is -0.497 e. The summed E-state index contributed by atoms with van der Waals surface area (Å²) in [5, 5.41) is 5.72. The number of methoxy groups -OCH3 is 1. The van der Waals surface area contributed by atoms with E-state index in [9.17, 15) is 0 Å². The summed E-state index contributed by atoms with van der Waals surface area (Å²) in [6, 6.07) is 8.24. The Labute approximate surface area is 87.2 Å². The van der Waals surface area contributed by atoms with Gasteiger partial charge in [0.1, 0.15) is 5.75 Å². The van der Waals surface area contributed by atoms with Gasteiger partial charge in [-0.15, -0.1) is 0 Å². The molecule has 1 heterocycles. The Morgan fingerprint density at radius 3 is 3.14 bits per heavy atom. The lowest BCUT2D eigenvalue weighted by Gasteiger charge is -2.01. The Balaban J connectivity index is 2.19. The SMILES string of the molecule is COc1cccc(/C=S2\CCNC2)c1. The molecule has 1 aromatic carbocycles. The molecule has 2 nitrogen and oxygen atoms in total. The van der Waals surface area contributed by atoms with Gasteiger partial charge in [0.25, 0.3) is 0 Å². The lowest BCUT2D eigenvalue weighted by atomic mass is 10.2. The van der Waals surface area contributed by atoms with Crippen molar-refractivity contribution in [3.8, 4) is 5.75 Å². The van der Waals surface area contributed by atoms with E-state index in [1.807, 2.05) is 12.1 Å². The summed E-state index contributed by atoms with van der Waals surface area (Å²) in [7, 11) is 2.13. The average molecular weight is 209 g/mol. The Hall–Kier alpha value is -0.800. The summed E-state index contributed by atoms with van der Waals surface area (Å²) in [6.45, 7) is 1.16. The van der Waals surface area contributed by atoms with Gasteiger partial charge >= 0.3 is 0 Å². The van der Waals surface area contributed by atoms with Gasteiger partial charge in [0.05, 0.1) is 7.11 Å². The van der Waals surface area contributed by atoms with Crippen molar-refractivity contribution in [2.24, 2.45) is 0 Å². The summed E-state index contributed by atoms with van der Waals surface area (Å²) in [6.07, 6.45) is 0. The zero-order chi connectivity index (χ0) is 9.80. The molecule has 0 aliphatic carbocycles. The first kappa shape index (κ1) is 9.74. The summed E-state index contributed by atoms with van der Waals surface area (Å²) in [5.41, 5.74) is 1.27. The fourth-order valence-electron chi connectivity index (χ4n) is 1.49. The summed E-state index contributed by atoms with van der Waals surface area (Å²) in [4.78, 5) is 0. The van der Waals surface area contributed by atoms with E-state index in [2.05, 4.69) is 22.8 Å². The molecule has 1 saturated heterocycles. The molecule has 1 atom stereocenters. The van der Waals surface area contributed by atoms with Crippen LogP contribution in [0.5, 0.6) is 5.75 Å². The normalized spacial score (nSPS) is 21.4. The highest BCUT2D eigenvalue weighted by atomic mass is 32.2. The highest BCUT2D eigenvalue weighted by molar-refractivity contribution is 8.15. The third-order valence-corrected chi connectivity index (χ3v) is 4.13. The van der Waals surface area contributed by atoms with Gasteiger partial charge in [0, 0.05) is 18.2 Å². The molecule has 1 fully saturated rings. The Morgan fingerprint density at radius 1 is 1.50 bits per heavy atom. The molecule has 76 valence electrons. The molecule has 1 aromatic rings. The van der Waals surface area contributed by atoms with Crippen LogP contribution in [-0.4, -0.2) is 30.7 Å². The molecule has 0 spiro atoms. The zero-order valence-electron chi connectivity index (χ0n) is 8.32. The zero-order valence-corrected chi connectivity index (χ0v) is 9.14. The van der Waals surface area contributed by atoms with Gasteiger partial charge in [-0.2, -0.15) is 10.5 Å². The van der Waals surface area contributed by atoms with Gasteiger partial charge in [0.15, 0.2) is 0 Å². The number of hydrogen-bond acceptors (Lipinski definition) is 2.